The Morgan fingerprint density at radius 1 is 0.721 bits per heavy atom. The molecule has 4 fully saturated rings. The van der Waals surface area contributed by atoms with E-state index in [9.17, 15) is 49.2 Å². The molecule has 244 valence electrons. The van der Waals surface area contributed by atoms with Crippen LogP contribution in [0.5, 0.6) is 0 Å². The minimum Gasteiger partial charge on any atom is -0.350 e. The van der Waals surface area contributed by atoms with Gasteiger partial charge in [-0.1, -0.05) is 0 Å². The predicted octanol–water partition coefficient (Wildman–Crippen LogP) is -5.50. The van der Waals surface area contributed by atoms with E-state index in [0.29, 0.717) is 10.1 Å². The van der Waals surface area contributed by atoms with Gasteiger partial charge in [0.1, 0.15) is 12.1 Å². The number of fused-ring (bicyclic) bond motifs is 4. The number of carbonyl (C=O) groups is 5. The van der Waals surface area contributed by atoms with Crippen molar-refractivity contribution < 1.29 is 66.9 Å². The largest absolute Gasteiger partial charge is 0.418 e. The van der Waals surface area contributed by atoms with Crippen LogP contribution < -0.4 is 32.0 Å². The molecule has 25 nitrogen and oxygen atoms in total. The first-order valence-corrected chi connectivity index (χ1v) is 15.9. The van der Waals surface area contributed by atoms with Gasteiger partial charge in [-0.25, -0.2) is 24.9 Å². The molecule has 0 aromatic carbocycles. The molecule has 0 aromatic heterocycles. The second-order valence-electron chi connectivity index (χ2n) is 9.13. The van der Waals surface area contributed by atoms with Crippen molar-refractivity contribution in [2.24, 2.45) is 10.9 Å². The van der Waals surface area contributed by atoms with Crippen molar-refractivity contribution in [2.45, 2.75) is 49.9 Å². The van der Waals surface area contributed by atoms with Gasteiger partial charge in [-0.05, 0) is 25.7 Å². The van der Waals surface area contributed by atoms with Gasteiger partial charge in [0.15, 0.2) is 0 Å². The average molecular weight is 683 g/mol. The number of carbonyl (C=O) groups excluding carboxylic acids is 5. The minimum atomic E-state index is -4.88. The summed E-state index contributed by atoms with van der Waals surface area (Å²) < 4.78 is 89.8. The van der Waals surface area contributed by atoms with Crippen LogP contribution >= 0.6 is 0 Å². The maximum absolute atomic E-state index is 12.0. The summed E-state index contributed by atoms with van der Waals surface area (Å²) in [6, 6.07) is -5.95. The van der Waals surface area contributed by atoms with Crippen LogP contribution in [-0.4, -0.2) is 121 Å². The van der Waals surface area contributed by atoms with Crippen molar-refractivity contribution >= 4 is 60.9 Å². The second-order valence-corrected chi connectivity index (χ2v) is 12.4. The van der Waals surface area contributed by atoms with E-state index in [1.54, 1.807) is 4.83 Å². The second kappa shape index (κ2) is 12.5. The lowest BCUT2D eigenvalue weighted by Crippen LogP contribution is -2.55. The number of amides is 8. The third-order valence-electron chi connectivity index (χ3n) is 6.23. The summed E-state index contributed by atoms with van der Waals surface area (Å²) in [5.41, 5.74) is 10.6. The number of hydrazine groups is 2. The SMILES string of the molecule is NC(=O)NNC(=O)[C@@H]1CC[C@@H]2CN1C(=O)N2OS(=O)(=O)O.NS(=O)(=O)NNC(=O)[C@@H]1CC[C@@H]2CN1C(=O)N2OS(=O)(=O)O. The number of hydrogen-bond donors (Lipinski definition) is 8. The van der Waals surface area contributed by atoms with Gasteiger partial charge in [0.05, 0.1) is 12.1 Å². The van der Waals surface area contributed by atoms with Crippen LogP contribution in [0.1, 0.15) is 25.7 Å². The highest BCUT2D eigenvalue weighted by molar-refractivity contribution is 7.87. The topological polar surface area (TPSA) is 360 Å². The summed E-state index contributed by atoms with van der Waals surface area (Å²) in [5.74, 6) is -1.51. The number of urea groups is 3. The molecule has 4 heterocycles. The van der Waals surface area contributed by atoms with Gasteiger partial charge in [0, 0.05) is 13.1 Å². The Morgan fingerprint density at radius 3 is 1.47 bits per heavy atom. The zero-order valence-corrected chi connectivity index (χ0v) is 23.9. The summed E-state index contributed by atoms with van der Waals surface area (Å²) in [4.78, 5) is 61.8. The van der Waals surface area contributed by atoms with Crippen LogP contribution in [-0.2, 0) is 49.2 Å². The van der Waals surface area contributed by atoms with E-state index >= 15 is 0 Å². The molecule has 10 N–H and O–H groups in total. The molecule has 4 atom stereocenters. The third kappa shape index (κ3) is 8.93. The van der Waals surface area contributed by atoms with Crippen LogP contribution in [0.4, 0.5) is 14.4 Å². The molecule has 0 saturated carbocycles. The van der Waals surface area contributed by atoms with Crippen molar-refractivity contribution in [3.8, 4) is 0 Å². The molecule has 0 unspecified atom stereocenters. The summed E-state index contributed by atoms with van der Waals surface area (Å²) in [6.07, 6.45) is 0.867. The van der Waals surface area contributed by atoms with Crippen LogP contribution in [0.2, 0.25) is 0 Å². The van der Waals surface area contributed by atoms with Crippen molar-refractivity contribution in [1.82, 2.24) is 41.0 Å². The standard InChI is InChI=1S/C8H13N5O7S.C7H13N5O8S2/c9-7(15)11-10-6(14)5-2-1-4-3-12(5)8(16)13(4)20-21(17,18)19;8-21(15,16)10-9-6(13)5-2-1-4-3-11(5)7(14)12(4)20-22(17,18)19/h4-5H,1-3H2,(H,10,14)(H3,9,11,15)(H,17,18,19);4-5,10H,1-3H2,(H,9,13)(H2,8,15,16)(H,17,18,19)/t2*4-,5+/m11/s1. The normalized spacial score (nSPS) is 25.2. The highest BCUT2D eigenvalue weighted by Crippen LogP contribution is 2.31. The Labute approximate surface area is 242 Å². The molecule has 4 aliphatic rings. The molecule has 0 aliphatic carbocycles. The first-order chi connectivity index (χ1) is 19.7. The van der Waals surface area contributed by atoms with E-state index in [-0.39, 0.29) is 38.8 Å². The fourth-order valence-electron chi connectivity index (χ4n) is 4.62. The highest BCUT2D eigenvalue weighted by atomic mass is 32.3. The number of hydrogen-bond acceptors (Lipinski definition) is 13. The molecule has 0 spiro atoms. The quantitative estimate of drug-likeness (QED) is 0.0874. The van der Waals surface area contributed by atoms with Crippen molar-refractivity contribution in [3.05, 3.63) is 0 Å². The number of primary amides is 1. The fourth-order valence-corrected chi connectivity index (χ4v) is 5.64. The maximum Gasteiger partial charge on any atom is 0.418 e. The van der Waals surface area contributed by atoms with Gasteiger partial charge in [-0.15, -0.1) is 13.4 Å². The van der Waals surface area contributed by atoms with E-state index in [1.165, 1.54) is 0 Å². The number of piperidine rings is 2. The Morgan fingerprint density at radius 2 is 1.12 bits per heavy atom. The lowest BCUT2D eigenvalue weighted by Gasteiger charge is -2.28. The molecule has 4 bridgehead atoms. The molecular weight excluding hydrogens is 656 g/mol. The lowest BCUT2D eigenvalue weighted by atomic mass is 10.0. The number of rotatable bonds is 8. The first-order valence-electron chi connectivity index (χ1n) is 11.6. The Bertz CT molecular complexity index is 1490. The van der Waals surface area contributed by atoms with Crippen molar-refractivity contribution in [2.75, 3.05) is 13.1 Å². The Kier molecular flexibility index (Phi) is 9.87. The predicted molar refractivity (Wildman–Crippen MR) is 132 cm³/mol. The third-order valence-corrected chi connectivity index (χ3v) is 7.31. The molecule has 28 heteroatoms. The van der Waals surface area contributed by atoms with Crippen LogP contribution in [0.3, 0.4) is 0 Å². The van der Waals surface area contributed by atoms with Crippen LogP contribution in [0.15, 0.2) is 0 Å². The zero-order chi connectivity index (χ0) is 32.5. The van der Waals surface area contributed by atoms with Gasteiger partial charge < -0.3 is 15.5 Å². The van der Waals surface area contributed by atoms with E-state index in [4.69, 9.17) is 14.8 Å². The molecule has 4 saturated heterocycles. The molecular formula is C15H26N10O15S3. The van der Waals surface area contributed by atoms with Crippen LogP contribution in [0.25, 0.3) is 0 Å². The Balaban J connectivity index is 0.000000236. The van der Waals surface area contributed by atoms with E-state index in [0.717, 1.165) is 9.80 Å². The van der Waals surface area contributed by atoms with E-state index < -0.39 is 85.1 Å². The van der Waals surface area contributed by atoms with Gasteiger partial charge in [0.2, 0.25) is 0 Å². The van der Waals surface area contributed by atoms with Crippen molar-refractivity contribution in [1.29, 1.82) is 0 Å². The zero-order valence-electron chi connectivity index (χ0n) is 21.4. The van der Waals surface area contributed by atoms with E-state index in [2.05, 4.69) is 13.7 Å². The molecule has 8 amide bonds. The number of nitrogens with two attached hydrogens (primary N) is 2. The molecule has 43 heavy (non-hydrogen) atoms. The van der Waals surface area contributed by atoms with Gasteiger partial charge in [-0.3, -0.25) is 29.5 Å². The first kappa shape index (κ1) is 33.9. The van der Waals surface area contributed by atoms with Gasteiger partial charge in [-0.2, -0.15) is 35.4 Å². The summed E-state index contributed by atoms with van der Waals surface area (Å²) in [5, 5.41) is 5.64. The smallest absolute Gasteiger partial charge is 0.350 e. The number of nitrogens with zero attached hydrogens (tertiary/aromatic N) is 4. The lowest BCUT2D eigenvalue weighted by molar-refractivity contribution is -0.127. The fraction of sp³-hybridized carbons (Fsp3) is 0.667. The van der Waals surface area contributed by atoms with Crippen LogP contribution in [0, 0.1) is 0 Å². The van der Waals surface area contributed by atoms with Gasteiger partial charge in [0.25, 0.3) is 22.0 Å². The molecule has 4 aliphatic heterocycles. The minimum absolute atomic E-state index is 0.0121. The highest BCUT2D eigenvalue weighted by Gasteiger charge is 2.50. The maximum atomic E-state index is 12.0. The van der Waals surface area contributed by atoms with Gasteiger partial charge >= 0.3 is 38.9 Å². The number of hydroxylamine groups is 4. The van der Waals surface area contributed by atoms with E-state index in [1.807, 2.05) is 16.3 Å². The summed E-state index contributed by atoms with van der Waals surface area (Å²) in [7, 11) is -13.9. The Hall–Kier alpha value is -3.64. The number of nitrogens with one attached hydrogen (secondary N) is 4. The summed E-state index contributed by atoms with van der Waals surface area (Å²) in [6.45, 7) is 0.0465. The monoisotopic (exact) mass is 682 g/mol. The molecule has 4 rings (SSSR count). The van der Waals surface area contributed by atoms with Crippen molar-refractivity contribution in [3.63, 3.8) is 0 Å². The average Bonchev–Trinajstić information content (AvgIpc) is 3.24. The summed E-state index contributed by atoms with van der Waals surface area (Å²) >= 11 is 0. The molecule has 0 radical (unpaired) electrons. The molecule has 0 aromatic rings.